The largest absolute Gasteiger partial charge is 0.478 e. The number of rotatable bonds is 16. The number of thioether (sulfide) groups is 1. The predicted molar refractivity (Wildman–Crippen MR) is 232 cm³/mol. The summed E-state index contributed by atoms with van der Waals surface area (Å²) < 4.78 is 42.4. The summed E-state index contributed by atoms with van der Waals surface area (Å²) in [6.07, 6.45) is -0.288. The van der Waals surface area contributed by atoms with Gasteiger partial charge in [0.1, 0.15) is 6.04 Å². The fourth-order valence-electron chi connectivity index (χ4n) is 6.92. The third-order valence-electron chi connectivity index (χ3n) is 10.3. The lowest BCUT2D eigenvalue weighted by Crippen LogP contribution is -2.47. The minimum atomic E-state index is -3.97. The van der Waals surface area contributed by atoms with Crippen molar-refractivity contribution >= 4 is 33.7 Å². The number of carboxylic acid groups (broad SMARTS) is 1. The van der Waals surface area contributed by atoms with E-state index in [0.717, 1.165) is 49.4 Å². The monoisotopic (exact) mass is 842 g/mol. The Bertz CT molecular complexity index is 2480. The molecule has 60 heavy (non-hydrogen) atoms. The van der Waals surface area contributed by atoms with Gasteiger partial charge in [0.15, 0.2) is 6.29 Å². The molecule has 4 atom stereocenters. The zero-order chi connectivity index (χ0) is 42.1. The molecule has 0 unspecified atom stereocenters. The van der Waals surface area contributed by atoms with Crippen molar-refractivity contribution in [3.8, 4) is 11.1 Å². The van der Waals surface area contributed by atoms with Gasteiger partial charge in [0.2, 0.25) is 15.9 Å². The van der Waals surface area contributed by atoms with Crippen molar-refractivity contribution in [3.63, 3.8) is 0 Å². The maximum absolute atomic E-state index is 13.6. The van der Waals surface area contributed by atoms with Crippen LogP contribution in [0.1, 0.15) is 62.6 Å². The maximum Gasteiger partial charge on any atom is 0.335 e. The van der Waals surface area contributed by atoms with Crippen molar-refractivity contribution in [2.75, 3.05) is 5.75 Å². The van der Waals surface area contributed by atoms with Gasteiger partial charge in [-0.1, -0.05) is 115 Å². The molecular weight excluding hydrogens is 797 g/mol. The molecule has 0 aromatic heterocycles. The van der Waals surface area contributed by atoms with Crippen LogP contribution in [-0.4, -0.2) is 48.4 Å². The SMILES string of the molecule is Cc1ccc(S(=O)(=O)N[C@H](Cc2ccccc2)C(=O)NCc2cccc(-c3ccc([C@@H]4O[C@H](CSc5ccc(C(=O)O)cc5)C[C@H](c5ccc(CO)cc5)O4)cc3)c2)cc1. The number of hydrogen-bond acceptors (Lipinski definition) is 8. The van der Waals surface area contributed by atoms with Crippen LogP contribution in [0.4, 0.5) is 0 Å². The Kier molecular flexibility index (Phi) is 13.9. The first-order chi connectivity index (χ1) is 29.0. The van der Waals surface area contributed by atoms with Crippen molar-refractivity contribution in [1.82, 2.24) is 10.0 Å². The van der Waals surface area contributed by atoms with Crippen LogP contribution in [0.2, 0.25) is 0 Å². The van der Waals surface area contributed by atoms with E-state index in [4.69, 9.17) is 9.47 Å². The van der Waals surface area contributed by atoms with Crippen LogP contribution in [-0.2, 0) is 43.9 Å². The fraction of sp³-hybridized carbons (Fsp3) is 0.208. The Morgan fingerprint density at radius 2 is 1.43 bits per heavy atom. The number of carbonyl (C=O) groups excluding carboxylic acids is 1. The average molecular weight is 843 g/mol. The molecule has 1 heterocycles. The highest BCUT2D eigenvalue weighted by atomic mass is 32.2. The molecule has 1 aliphatic rings. The van der Waals surface area contributed by atoms with Gasteiger partial charge in [-0.15, -0.1) is 11.8 Å². The van der Waals surface area contributed by atoms with E-state index in [9.17, 15) is 28.2 Å². The van der Waals surface area contributed by atoms with Crippen molar-refractivity contribution in [1.29, 1.82) is 0 Å². The van der Waals surface area contributed by atoms with Crippen LogP contribution in [0.3, 0.4) is 0 Å². The molecule has 308 valence electrons. The highest BCUT2D eigenvalue weighted by Gasteiger charge is 2.32. The number of aryl methyl sites for hydroxylation is 1. The minimum Gasteiger partial charge on any atom is -0.478 e. The zero-order valence-corrected chi connectivity index (χ0v) is 34.6. The van der Waals surface area contributed by atoms with E-state index in [2.05, 4.69) is 10.0 Å². The van der Waals surface area contributed by atoms with E-state index in [0.29, 0.717) is 12.2 Å². The summed E-state index contributed by atoms with van der Waals surface area (Å²) in [7, 11) is -3.97. The van der Waals surface area contributed by atoms with Gasteiger partial charge in [-0.05, 0) is 89.2 Å². The number of ether oxygens (including phenoxy) is 2. The van der Waals surface area contributed by atoms with E-state index in [1.165, 1.54) is 12.1 Å². The lowest BCUT2D eigenvalue weighted by atomic mass is 9.99. The second-order valence-corrected chi connectivity index (χ2v) is 17.5. The second-order valence-electron chi connectivity index (χ2n) is 14.7. The molecule has 10 nitrogen and oxygen atoms in total. The molecule has 0 spiro atoms. The van der Waals surface area contributed by atoms with Crippen LogP contribution in [0.15, 0.2) is 161 Å². The number of benzene rings is 6. The third-order valence-corrected chi connectivity index (χ3v) is 12.9. The highest BCUT2D eigenvalue weighted by Crippen LogP contribution is 2.40. The molecule has 1 amide bonds. The summed E-state index contributed by atoms with van der Waals surface area (Å²) in [4.78, 5) is 26.0. The molecule has 7 rings (SSSR count). The van der Waals surface area contributed by atoms with E-state index in [1.807, 2.05) is 110 Å². The number of nitrogens with one attached hydrogen (secondary N) is 2. The zero-order valence-electron chi connectivity index (χ0n) is 32.9. The van der Waals surface area contributed by atoms with Crippen LogP contribution in [0, 0.1) is 6.92 Å². The normalized spacial score (nSPS) is 17.1. The summed E-state index contributed by atoms with van der Waals surface area (Å²) in [5.74, 6) is -0.774. The van der Waals surface area contributed by atoms with Crippen LogP contribution in [0.5, 0.6) is 0 Å². The molecular formula is C48H46N2O8S2. The first-order valence-electron chi connectivity index (χ1n) is 19.6. The fourth-order valence-corrected chi connectivity index (χ4v) is 9.04. The number of carbonyl (C=O) groups is 2. The highest BCUT2D eigenvalue weighted by molar-refractivity contribution is 7.99. The van der Waals surface area contributed by atoms with Gasteiger partial charge in [0.05, 0.1) is 29.3 Å². The number of aliphatic hydroxyl groups is 1. The van der Waals surface area contributed by atoms with Crippen molar-refractivity contribution in [2.24, 2.45) is 0 Å². The molecule has 6 aromatic carbocycles. The topological polar surface area (TPSA) is 151 Å². The number of aromatic carboxylic acids is 1. The van der Waals surface area contributed by atoms with Gasteiger partial charge in [-0.3, -0.25) is 4.79 Å². The summed E-state index contributed by atoms with van der Waals surface area (Å²) in [6.45, 7) is 2.02. The van der Waals surface area contributed by atoms with E-state index >= 15 is 0 Å². The summed E-state index contributed by atoms with van der Waals surface area (Å²) in [6, 6.07) is 45.1. The van der Waals surface area contributed by atoms with E-state index in [-0.39, 0.29) is 42.2 Å². The quantitative estimate of drug-likeness (QED) is 0.0705. The lowest BCUT2D eigenvalue weighted by molar-refractivity contribution is -0.245. The number of aliphatic hydroxyl groups excluding tert-OH is 1. The van der Waals surface area contributed by atoms with Crippen LogP contribution >= 0.6 is 11.8 Å². The molecule has 1 saturated heterocycles. The summed E-state index contributed by atoms with van der Waals surface area (Å²) in [5.41, 5.74) is 7.36. The first kappa shape index (κ1) is 42.5. The van der Waals surface area contributed by atoms with Crippen molar-refractivity contribution in [3.05, 3.63) is 191 Å². The van der Waals surface area contributed by atoms with Gasteiger partial charge in [-0.2, -0.15) is 4.72 Å². The summed E-state index contributed by atoms with van der Waals surface area (Å²) >= 11 is 1.59. The molecule has 0 bridgehead atoms. The van der Waals surface area contributed by atoms with Gasteiger partial charge in [-0.25, -0.2) is 13.2 Å². The van der Waals surface area contributed by atoms with Crippen molar-refractivity contribution < 1.29 is 37.7 Å². The third kappa shape index (κ3) is 11.2. The lowest BCUT2D eigenvalue weighted by Gasteiger charge is -2.36. The van der Waals surface area contributed by atoms with Crippen LogP contribution in [0.25, 0.3) is 11.1 Å². The number of hydrogen-bond donors (Lipinski definition) is 4. The molecule has 0 saturated carbocycles. The predicted octanol–water partition coefficient (Wildman–Crippen LogP) is 8.40. The molecule has 6 aromatic rings. The Balaban J connectivity index is 1.03. The minimum absolute atomic E-state index is 0.0462. The molecule has 0 aliphatic carbocycles. The first-order valence-corrected chi connectivity index (χ1v) is 22.1. The standard InChI is InChI=1S/C48H46N2O8S2/c1-32-10-24-43(25-11-32)60(55,56)50-44(27-33-6-3-2-4-7-33)46(52)49-29-35-8-5-9-40(26-35)36-16-18-39(19-17-36)48-57-41(31-59-42-22-20-38(21-23-42)47(53)54)28-45(58-48)37-14-12-34(30-51)13-15-37/h2-26,41,44-45,48,50-51H,27-31H2,1H3,(H,49,52)(H,53,54)/t41-,44+,45+,48+/m0/s1. The second kappa shape index (κ2) is 19.6. The van der Waals surface area contributed by atoms with Crippen molar-refractivity contribution in [2.45, 2.75) is 67.2 Å². The van der Waals surface area contributed by atoms with Gasteiger partial charge >= 0.3 is 5.97 Å². The van der Waals surface area contributed by atoms with Crippen LogP contribution < -0.4 is 10.0 Å². The average Bonchev–Trinajstić information content (AvgIpc) is 3.28. The smallest absolute Gasteiger partial charge is 0.335 e. The van der Waals surface area contributed by atoms with E-state index in [1.54, 1.807) is 48.2 Å². The summed E-state index contributed by atoms with van der Waals surface area (Å²) in [5, 5.41) is 21.8. The maximum atomic E-state index is 13.6. The molecule has 4 N–H and O–H groups in total. The molecule has 1 fully saturated rings. The number of amides is 1. The molecule has 1 aliphatic heterocycles. The Morgan fingerprint density at radius 1 is 0.750 bits per heavy atom. The molecule has 0 radical (unpaired) electrons. The number of carboxylic acids is 1. The Hall–Kier alpha value is -5.60. The van der Waals surface area contributed by atoms with Gasteiger partial charge < -0.3 is 25.0 Å². The molecule has 12 heteroatoms. The Labute approximate surface area is 354 Å². The van der Waals surface area contributed by atoms with E-state index < -0.39 is 34.2 Å². The number of sulfonamides is 1. The van der Waals surface area contributed by atoms with Gasteiger partial charge in [0, 0.05) is 29.2 Å². The Morgan fingerprint density at radius 3 is 2.12 bits per heavy atom. The van der Waals surface area contributed by atoms with Gasteiger partial charge in [0.25, 0.3) is 0 Å².